The lowest BCUT2D eigenvalue weighted by atomic mass is 10.2. The summed E-state index contributed by atoms with van der Waals surface area (Å²) in [6, 6.07) is 16.7. The molecule has 1 heterocycles. The molecule has 7 nitrogen and oxygen atoms in total. The molecule has 1 aromatic heterocycles. The van der Waals surface area contributed by atoms with Crippen LogP contribution in [0.15, 0.2) is 67.0 Å². The Bertz CT molecular complexity index is 962. The number of nitrogens with one attached hydrogen (secondary N) is 3. The fraction of sp³-hybridized carbons (Fsp3) is 0.190. The molecule has 2 aromatic carbocycles. The van der Waals surface area contributed by atoms with E-state index in [2.05, 4.69) is 21.0 Å². The number of benzene rings is 2. The zero-order valence-corrected chi connectivity index (χ0v) is 15.3. The lowest BCUT2D eigenvalue weighted by Crippen LogP contribution is -2.30. The summed E-state index contributed by atoms with van der Waals surface area (Å²) in [5, 5.41) is 12.8. The molecule has 0 spiro atoms. The fourth-order valence-electron chi connectivity index (χ4n) is 2.74. The largest absolute Gasteiger partial charge is 0.348 e. The minimum Gasteiger partial charge on any atom is -0.348 e. The predicted octanol–water partition coefficient (Wildman–Crippen LogP) is 3.09. The van der Waals surface area contributed by atoms with E-state index in [4.69, 9.17) is 0 Å². The topological polar surface area (TPSA) is 88.1 Å². The molecule has 28 heavy (non-hydrogen) atoms. The quantitative estimate of drug-likeness (QED) is 0.619. The first-order valence-corrected chi connectivity index (χ1v) is 9.22. The monoisotopic (exact) mass is 375 g/mol. The molecular formula is C21H21N5O2. The van der Waals surface area contributed by atoms with Gasteiger partial charge in [-0.05, 0) is 49.2 Å². The minimum absolute atomic E-state index is 0.179. The third kappa shape index (κ3) is 4.56. The van der Waals surface area contributed by atoms with Gasteiger partial charge in [0.25, 0.3) is 5.91 Å². The van der Waals surface area contributed by atoms with Crippen LogP contribution in [-0.4, -0.2) is 27.8 Å². The second-order valence-corrected chi connectivity index (χ2v) is 6.76. The Hall–Kier alpha value is -3.61. The SMILES string of the molecule is O=C(Nc1ccc(C(=O)NCc2cnn(-c3ccccc3)c2)cc1)NC1CC1. The van der Waals surface area contributed by atoms with Crippen molar-refractivity contribution in [2.45, 2.75) is 25.4 Å². The second kappa shape index (κ2) is 7.96. The van der Waals surface area contributed by atoms with Gasteiger partial charge in [-0.25, -0.2) is 9.48 Å². The van der Waals surface area contributed by atoms with Crippen molar-refractivity contribution in [3.8, 4) is 5.69 Å². The Morgan fingerprint density at radius 1 is 1.04 bits per heavy atom. The van der Waals surface area contributed by atoms with Crippen molar-refractivity contribution in [3.63, 3.8) is 0 Å². The highest BCUT2D eigenvalue weighted by Crippen LogP contribution is 2.19. The molecule has 7 heteroatoms. The van der Waals surface area contributed by atoms with E-state index in [1.807, 2.05) is 36.5 Å². The highest BCUT2D eigenvalue weighted by molar-refractivity contribution is 5.95. The molecule has 0 unspecified atom stereocenters. The number of carbonyl (C=O) groups is 2. The summed E-state index contributed by atoms with van der Waals surface area (Å²) >= 11 is 0. The molecule has 0 saturated heterocycles. The standard InChI is InChI=1S/C21H21N5O2/c27-20(16-6-8-17(9-7-16)24-21(28)25-18-10-11-18)22-12-15-13-23-26(14-15)19-4-2-1-3-5-19/h1-9,13-14,18H,10-12H2,(H,22,27)(H2,24,25,28). The lowest BCUT2D eigenvalue weighted by Gasteiger charge is -2.08. The number of hydrogen-bond acceptors (Lipinski definition) is 3. The zero-order chi connectivity index (χ0) is 19.3. The number of para-hydroxylation sites is 1. The molecule has 1 aliphatic rings. The van der Waals surface area contributed by atoms with Gasteiger partial charge in [-0.3, -0.25) is 4.79 Å². The fourth-order valence-corrected chi connectivity index (χ4v) is 2.74. The van der Waals surface area contributed by atoms with Crippen LogP contribution in [0.4, 0.5) is 10.5 Å². The van der Waals surface area contributed by atoms with E-state index < -0.39 is 0 Å². The van der Waals surface area contributed by atoms with Gasteiger partial charge in [-0.1, -0.05) is 18.2 Å². The van der Waals surface area contributed by atoms with Crippen LogP contribution in [0.2, 0.25) is 0 Å². The number of amides is 3. The zero-order valence-electron chi connectivity index (χ0n) is 15.3. The number of aromatic nitrogens is 2. The van der Waals surface area contributed by atoms with Crippen LogP contribution in [0.3, 0.4) is 0 Å². The summed E-state index contributed by atoms with van der Waals surface area (Å²) in [6.45, 7) is 0.384. The molecule has 1 saturated carbocycles. The van der Waals surface area contributed by atoms with E-state index in [1.165, 1.54) is 0 Å². The van der Waals surface area contributed by atoms with Crippen LogP contribution in [0.1, 0.15) is 28.8 Å². The summed E-state index contributed by atoms with van der Waals surface area (Å²) in [6.07, 6.45) is 5.70. The van der Waals surface area contributed by atoms with E-state index >= 15 is 0 Å². The third-order valence-corrected chi connectivity index (χ3v) is 4.43. The molecule has 0 bridgehead atoms. The molecule has 142 valence electrons. The second-order valence-electron chi connectivity index (χ2n) is 6.76. The van der Waals surface area contributed by atoms with Crippen molar-refractivity contribution >= 4 is 17.6 Å². The molecule has 3 N–H and O–H groups in total. The summed E-state index contributed by atoms with van der Waals surface area (Å²) in [5.74, 6) is -0.179. The first-order valence-electron chi connectivity index (χ1n) is 9.22. The highest BCUT2D eigenvalue weighted by atomic mass is 16.2. The number of carbonyl (C=O) groups excluding carboxylic acids is 2. The van der Waals surface area contributed by atoms with E-state index in [9.17, 15) is 9.59 Å². The van der Waals surface area contributed by atoms with Crippen molar-refractivity contribution in [2.24, 2.45) is 0 Å². The number of anilines is 1. The molecule has 4 rings (SSSR count). The molecule has 0 atom stereocenters. The third-order valence-electron chi connectivity index (χ3n) is 4.43. The number of urea groups is 1. The van der Waals surface area contributed by atoms with E-state index in [1.54, 1.807) is 35.1 Å². The van der Waals surface area contributed by atoms with Gasteiger partial charge in [-0.2, -0.15) is 5.10 Å². The molecule has 1 aliphatic carbocycles. The molecule has 1 fully saturated rings. The van der Waals surface area contributed by atoms with E-state index in [0.717, 1.165) is 24.1 Å². The lowest BCUT2D eigenvalue weighted by molar-refractivity contribution is 0.0951. The van der Waals surface area contributed by atoms with Crippen LogP contribution < -0.4 is 16.0 Å². The first kappa shape index (κ1) is 17.8. The smallest absolute Gasteiger partial charge is 0.319 e. The molecule has 3 aromatic rings. The van der Waals surface area contributed by atoms with Crippen molar-refractivity contribution in [3.05, 3.63) is 78.1 Å². The van der Waals surface area contributed by atoms with E-state index in [-0.39, 0.29) is 11.9 Å². The van der Waals surface area contributed by atoms with Gasteiger partial charge < -0.3 is 16.0 Å². The Labute approximate surface area is 162 Å². The van der Waals surface area contributed by atoms with Gasteiger partial charge in [0.2, 0.25) is 0 Å². The average molecular weight is 375 g/mol. The maximum absolute atomic E-state index is 12.3. The summed E-state index contributed by atoms with van der Waals surface area (Å²) in [5.41, 5.74) is 3.06. The normalized spacial score (nSPS) is 13.0. The van der Waals surface area contributed by atoms with Gasteiger partial charge >= 0.3 is 6.03 Å². The van der Waals surface area contributed by atoms with Crippen LogP contribution in [-0.2, 0) is 6.54 Å². The number of hydrogen-bond donors (Lipinski definition) is 3. The Morgan fingerprint density at radius 2 is 1.79 bits per heavy atom. The maximum Gasteiger partial charge on any atom is 0.319 e. The summed E-state index contributed by atoms with van der Waals surface area (Å²) in [7, 11) is 0. The van der Waals surface area contributed by atoms with Crippen LogP contribution >= 0.6 is 0 Å². The van der Waals surface area contributed by atoms with Gasteiger partial charge in [0.1, 0.15) is 0 Å². The summed E-state index contributed by atoms with van der Waals surface area (Å²) in [4.78, 5) is 24.1. The summed E-state index contributed by atoms with van der Waals surface area (Å²) < 4.78 is 1.77. The van der Waals surface area contributed by atoms with Crippen molar-refractivity contribution in [1.29, 1.82) is 0 Å². The molecule has 0 radical (unpaired) electrons. The van der Waals surface area contributed by atoms with Crippen LogP contribution in [0, 0.1) is 0 Å². The number of nitrogens with zero attached hydrogens (tertiary/aromatic N) is 2. The predicted molar refractivity (Wildman–Crippen MR) is 106 cm³/mol. The van der Waals surface area contributed by atoms with Crippen molar-refractivity contribution in [2.75, 3.05) is 5.32 Å². The number of rotatable bonds is 6. The van der Waals surface area contributed by atoms with E-state index in [0.29, 0.717) is 23.8 Å². The van der Waals surface area contributed by atoms with Crippen LogP contribution in [0.5, 0.6) is 0 Å². The van der Waals surface area contributed by atoms with Gasteiger partial charge in [0.15, 0.2) is 0 Å². The average Bonchev–Trinajstić information content (AvgIpc) is 3.40. The van der Waals surface area contributed by atoms with Crippen molar-refractivity contribution in [1.82, 2.24) is 20.4 Å². The van der Waals surface area contributed by atoms with Gasteiger partial charge in [0, 0.05) is 35.6 Å². The molecule has 0 aliphatic heterocycles. The molecular weight excluding hydrogens is 354 g/mol. The van der Waals surface area contributed by atoms with Crippen LogP contribution in [0.25, 0.3) is 5.69 Å². The Balaban J connectivity index is 1.30. The van der Waals surface area contributed by atoms with Crippen molar-refractivity contribution < 1.29 is 9.59 Å². The Morgan fingerprint density at radius 3 is 2.50 bits per heavy atom. The minimum atomic E-state index is -0.213. The van der Waals surface area contributed by atoms with Gasteiger partial charge in [0.05, 0.1) is 11.9 Å². The van der Waals surface area contributed by atoms with Gasteiger partial charge in [-0.15, -0.1) is 0 Å². The first-order chi connectivity index (χ1) is 13.7. The Kier molecular flexibility index (Phi) is 5.05. The maximum atomic E-state index is 12.3. The highest BCUT2D eigenvalue weighted by Gasteiger charge is 2.23. The molecule has 3 amide bonds.